The molecule has 1 atom stereocenters. The maximum atomic E-state index is 13.3. The first kappa shape index (κ1) is 21.3. The second-order valence-electron chi connectivity index (χ2n) is 8.23. The van der Waals surface area contributed by atoms with Crippen LogP contribution in [-0.2, 0) is 17.4 Å². The predicted octanol–water partition coefficient (Wildman–Crippen LogP) is 3.54. The van der Waals surface area contributed by atoms with Gasteiger partial charge in [-0.2, -0.15) is 13.2 Å². The average Bonchev–Trinajstić information content (AvgIpc) is 3.17. The van der Waals surface area contributed by atoms with E-state index in [1.165, 1.54) is 10.5 Å². The van der Waals surface area contributed by atoms with Gasteiger partial charge in [-0.25, -0.2) is 0 Å². The molecule has 31 heavy (non-hydrogen) atoms. The lowest BCUT2D eigenvalue weighted by molar-refractivity contribution is -0.138. The third-order valence-electron chi connectivity index (χ3n) is 5.91. The molecule has 0 bridgehead atoms. The number of nitrogens with zero attached hydrogens (tertiary/aromatic N) is 3. The number of alkyl halides is 3. The first-order valence-corrected chi connectivity index (χ1v) is 10.2. The van der Waals surface area contributed by atoms with E-state index in [4.69, 9.17) is 0 Å². The number of fused-ring (bicyclic) bond motifs is 1. The highest BCUT2D eigenvalue weighted by Gasteiger charge is 2.37. The van der Waals surface area contributed by atoms with Gasteiger partial charge in [0.1, 0.15) is 0 Å². The monoisotopic (exact) mass is 431 g/mol. The summed E-state index contributed by atoms with van der Waals surface area (Å²) in [6, 6.07) is 11.1. The lowest BCUT2D eigenvalue weighted by atomic mass is 9.80. The maximum absolute atomic E-state index is 13.3. The molecule has 1 fully saturated rings. The second-order valence-corrected chi connectivity index (χ2v) is 8.23. The van der Waals surface area contributed by atoms with Crippen LogP contribution < -0.4 is 10.6 Å². The van der Waals surface area contributed by atoms with Crippen molar-refractivity contribution < 1.29 is 18.0 Å². The van der Waals surface area contributed by atoms with Crippen LogP contribution in [0.5, 0.6) is 0 Å². The molecule has 9 heteroatoms. The molecule has 1 aliphatic heterocycles. The van der Waals surface area contributed by atoms with Crippen LogP contribution >= 0.6 is 0 Å². The highest BCUT2D eigenvalue weighted by Crippen LogP contribution is 2.32. The van der Waals surface area contributed by atoms with Gasteiger partial charge in [0, 0.05) is 11.6 Å². The zero-order valence-corrected chi connectivity index (χ0v) is 17.1. The zero-order chi connectivity index (χ0) is 22.1. The standard InChI is InChI=1S/C22H24F3N5O/c1-21(9-11-26-12-10-21)20(31)27-17(13-15-5-3-2-4-6-15)19-29-28-18-8-7-16(14-30(18)19)22(23,24)25/h2-8,14,17,26H,9-13H2,1H3,(H,27,31)/t17-/m1/s1. The fraction of sp³-hybridized carbons (Fsp3) is 0.409. The van der Waals surface area contributed by atoms with Crippen LogP contribution in [-0.4, -0.2) is 33.6 Å². The number of pyridine rings is 1. The molecular formula is C22H24F3N5O. The van der Waals surface area contributed by atoms with Gasteiger partial charge in [-0.1, -0.05) is 37.3 Å². The van der Waals surface area contributed by atoms with Crippen LogP contribution in [0, 0.1) is 5.41 Å². The molecule has 6 nitrogen and oxygen atoms in total. The number of aromatic nitrogens is 3. The van der Waals surface area contributed by atoms with E-state index in [1.807, 2.05) is 37.3 Å². The summed E-state index contributed by atoms with van der Waals surface area (Å²) in [6.07, 6.45) is -1.74. The molecule has 3 aromatic rings. The van der Waals surface area contributed by atoms with Crippen molar-refractivity contribution >= 4 is 11.6 Å². The molecule has 2 aromatic heterocycles. The molecule has 0 spiro atoms. The lowest BCUT2D eigenvalue weighted by Crippen LogP contribution is -2.47. The summed E-state index contributed by atoms with van der Waals surface area (Å²) in [5.41, 5.74) is -0.107. The minimum absolute atomic E-state index is 0.126. The minimum Gasteiger partial charge on any atom is -0.345 e. The predicted molar refractivity (Wildman–Crippen MR) is 109 cm³/mol. The summed E-state index contributed by atoms with van der Waals surface area (Å²) in [4.78, 5) is 13.2. The quantitative estimate of drug-likeness (QED) is 0.648. The van der Waals surface area contributed by atoms with E-state index in [9.17, 15) is 18.0 Å². The van der Waals surface area contributed by atoms with Gasteiger partial charge < -0.3 is 10.6 Å². The first-order chi connectivity index (χ1) is 14.8. The third kappa shape index (κ3) is 4.56. The van der Waals surface area contributed by atoms with Crippen molar-refractivity contribution in [2.75, 3.05) is 13.1 Å². The average molecular weight is 431 g/mol. The molecule has 3 heterocycles. The van der Waals surface area contributed by atoms with Gasteiger partial charge in [-0.15, -0.1) is 10.2 Å². The van der Waals surface area contributed by atoms with Gasteiger partial charge in [0.2, 0.25) is 5.91 Å². The number of hydrogen-bond acceptors (Lipinski definition) is 4. The third-order valence-corrected chi connectivity index (χ3v) is 5.91. The summed E-state index contributed by atoms with van der Waals surface area (Å²) in [7, 11) is 0. The number of carbonyl (C=O) groups excluding carboxylic acids is 1. The molecule has 1 aromatic carbocycles. The van der Waals surface area contributed by atoms with Gasteiger partial charge in [-0.05, 0) is 50.0 Å². The fourth-order valence-electron chi connectivity index (χ4n) is 3.91. The van der Waals surface area contributed by atoms with E-state index in [-0.39, 0.29) is 11.7 Å². The van der Waals surface area contributed by atoms with Crippen molar-refractivity contribution in [2.24, 2.45) is 5.41 Å². The van der Waals surface area contributed by atoms with Gasteiger partial charge in [0.05, 0.1) is 11.6 Å². The number of piperidine rings is 1. The Morgan fingerprint density at radius 3 is 2.55 bits per heavy atom. The fourth-order valence-corrected chi connectivity index (χ4v) is 3.91. The largest absolute Gasteiger partial charge is 0.417 e. The Labute approximate surface area is 177 Å². The molecule has 0 radical (unpaired) electrons. The molecular weight excluding hydrogens is 407 g/mol. The van der Waals surface area contributed by atoms with Crippen LogP contribution in [0.4, 0.5) is 13.2 Å². The summed E-state index contributed by atoms with van der Waals surface area (Å²) in [5, 5.41) is 14.5. The normalized spacial score (nSPS) is 17.4. The minimum atomic E-state index is -4.49. The van der Waals surface area contributed by atoms with E-state index in [0.717, 1.165) is 30.9 Å². The molecule has 2 N–H and O–H groups in total. The number of amides is 1. The van der Waals surface area contributed by atoms with Gasteiger partial charge >= 0.3 is 6.18 Å². The van der Waals surface area contributed by atoms with Crippen molar-refractivity contribution in [3.63, 3.8) is 0 Å². The highest BCUT2D eigenvalue weighted by atomic mass is 19.4. The summed E-state index contributed by atoms with van der Waals surface area (Å²) >= 11 is 0. The molecule has 1 saturated heterocycles. The zero-order valence-electron chi connectivity index (χ0n) is 17.1. The molecule has 1 aliphatic rings. The summed E-state index contributed by atoms with van der Waals surface area (Å²) < 4.78 is 41.1. The van der Waals surface area contributed by atoms with Crippen LogP contribution in [0.25, 0.3) is 5.65 Å². The summed E-state index contributed by atoms with van der Waals surface area (Å²) in [5.74, 6) is 0.148. The van der Waals surface area contributed by atoms with Crippen LogP contribution in [0.3, 0.4) is 0 Å². The van der Waals surface area contributed by atoms with Crippen molar-refractivity contribution in [1.29, 1.82) is 0 Å². The SMILES string of the molecule is CC1(C(=O)N[C@H](Cc2ccccc2)c2nnc3ccc(C(F)(F)F)cn23)CCNCC1. The molecule has 164 valence electrons. The number of hydrogen-bond donors (Lipinski definition) is 2. The lowest BCUT2D eigenvalue weighted by Gasteiger charge is -2.34. The Morgan fingerprint density at radius 1 is 1.16 bits per heavy atom. The Balaban J connectivity index is 1.71. The molecule has 4 rings (SSSR count). The molecule has 0 saturated carbocycles. The number of rotatable bonds is 5. The van der Waals surface area contributed by atoms with Crippen molar-refractivity contribution in [1.82, 2.24) is 25.2 Å². The Kier molecular flexibility index (Phi) is 5.70. The van der Waals surface area contributed by atoms with Gasteiger partial charge in [0.25, 0.3) is 0 Å². The Hall–Kier alpha value is -2.94. The molecule has 0 aliphatic carbocycles. The maximum Gasteiger partial charge on any atom is 0.417 e. The van der Waals surface area contributed by atoms with E-state index >= 15 is 0 Å². The van der Waals surface area contributed by atoms with E-state index in [2.05, 4.69) is 20.8 Å². The molecule has 1 amide bonds. The second kappa shape index (κ2) is 8.30. The topological polar surface area (TPSA) is 71.3 Å². The number of benzene rings is 1. The number of nitrogens with one attached hydrogen (secondary N) is 2. The van der Waals surface area contributed by atoms with Crippen molar-refractivity contribution in [2.45, 2.75) is 38.4 Å². The smallest absolute Gasteiger partial charge is 0.345 e. The molecule has 0 unspecified atom stereocenters. The number of halogens is 3. The number of carbonyl (C=O) groups is 1. The van der Waals surface area contributed by atoms with E-state index < -0.39 is 23.2 Å². The van der Waals surface area contributed by atoms with Crippen LogP contribution in [0.1, 0.15) is 42.8 Å². The highest BCUT2D eigenvalue weighted by molar-refractivity contribution is 5.82. The first-order valence-electron chi connectivity index (χ1n) is 10.2. The Bertz CT molecular complexity index is 1060. The Morgan fingerprint density at radius 2 is 1.87 bits per heavy atom. The summed E-state index contributed by atoms with van der Waals surface area (Å²) in [6.45, 7) is 3.42. The van der Waals surface area contributed by atoms with E-state index in [1.54, 1.807) is 0 Å². The van der Waals surface area contributed by atoms with Crippen LogP contribution in [0.15, 0.2) is 48.7 Å². The van der Waals surface area contributed by atoms with E-state index in [0.29, 0.717) is 24.9 Å². The van der Waals surface area contributed by atoms with Gasteiger partial charge in [-0.3, -0.25) is 9.20 Å². The van der Waals surface area contributed by atoms with Crippen LogP contribution in [0.2, 0.25) is 0 Å². The van der Waals surface area contributed by atoms with Gasteiger partial charge in [0.15, 0.2) is 11.5 Å². The van der Waals surface area contributed by atoms with Crippen molar-refractivity contribution in [3.8, 4) is 0 Å². The van der Waals surface area contributed by atoms with Crippen molar-refractivity contribution in [3.05, 3.63) is 65.6 Å².